The van der Waals surface area contributed by atoms with Crippen molar-refractivity contribution in [3.05, 3.63) is 71.3 Å². The minimum Gasteiger partial charge on any atom is -0.466 e. The van der Waals surface area contributed by atoms with E-state index in [1.807, 2.05) is 0 Å². The van der Waals surface area contributed by atoms with E-state index in [1.165, 1.54) is 36.3 Å². The topological polar surface area (TPSA) is 46.6 Å². The molecule has 2 rings (SSSR count). The lowest BCUT2D eigenvalue weighted by molar-refractivity contribution is -0.137. The summed E-state index contributed by atoms with van der Waals surface area (Å²) < 4.78 is 43.6. The fourth-order valence-corrected chi connectivity index (χ4v) is 2.66. The number of hydrogen-bond acceptors (Lipinski definition) is 3. The summed E-state index contributed by atoms with van der Waals surface area (Å²) in [6, 6.07) is 10.8. The van der Waals surface area contributed by atoms with Gasteiger partial charge in [-0.25, -0.2) is 4.79 Å². The van der Waals surface area contributed by atoms with E-state index >= 15 is 0 Å². The van der Waals surface area contributed by atoms with Crippen LogP contribution >= 0.6 is 0 Å². The molecule has 0 atom stereocenters. The summed E-state index contributed by atoms with van der Waals surface area (Å²) in [7, 11) is 1.25. The monoisotopic (exact) mass is 391 g/mol. The minimum absolute atomic E-state index is 0.0738. The molecular formula is C21H20F3NO3. The predicted octanol–water partition coefficient (Wildman–Crippen LogP) is 4.95. The van der Waals surface area contributed by atoms with Crippen LogP contribution in [0.4, 0.5) is 18.9 Å². The van der Waals surface area contributed by atoms with Crippen LogP contribution in [0.2, 0.25) is 0 Å². The highest BCUT2D eigenvalue weighted by Gasteiger charge is 2.32. The number of carbonyl (C=O) groups is 2. The molecular weight excluding hydrogens is 371 g/mol. The third kappa shape index (κ3) is 5.00. The Morgan fingerprint density at radius 3 is 2.36 bits per heavy atom. The van der Waals surface area contributed by atoms with E-state index in [4.69, 9.17) is 0 Å². The van der Waals surface area contributed by atoms with Gasteiger partial charge in [0.05, 0.1) is 18.4 Å². The Bertz CT molecular complexity index is 888. The largest absolute Gasteiger partial charge is 0.466 e. The van der Waals surface area contributed by atoms with Gasteiger partial charge in [-0.05, 0) is 49.8 Å². The number of carbonyl (C=O) groups excluding carboxylic acids is 2. The molecule has 0 aromatic heterocycles. The number of hydrogen-bond donors (Lipinski definition) is 0. The molecule has 0 spiro atoms. The molecule has 2 aromatic carbocycles. The zero-order valence-electron chi connectivity index (χ0n) is 15.7. The van der Waals surface area contributed by atoms with Crippen LogP contribution in [0, 0.1) is 0 Å². The number of amides is 1. The van der Waals surface area contributed by atoms with E-state index in [1.54, 1.807) is 38.1 Å². The fourth-order valence-electron chi connectivity index (χ4n) is 2.66. The van der Waals surface area contributed by atoms with Crippen LogP contribution in [0.1, 0.15) is 35.3 Å². The highest BCUT2D eigenvalue weighted by Crippen LogP contribution is 2.31. The van der Waals surface area contributed by atoms with Crippen molar-refractivity contribution >= 4 is 23.6 Å². The Labute approximate surface area is 161 Å². The molecule has 0 N–H and O–H groups in total. The Balaban J connectivity index is 2.49. The summed E-state index contributed by atoms with van der Waals surface area (Å²) in [6.45, 7) is 3.51. The summed E-state index contributed by atoms with van der Waals surface area (Å²) in [5, 5.41) is 0. The molecule has 0 aliphatic carbocycles. The number of methoxy groups -OCH3 is 1. The molecule has 4 nitrogen and oxygen atoms in total. The normalized spacial score (nSPS) is 11.7. The van der Waals surface area contributed by atoms with E-state index < -0.39 is 23.6 Å². The molecule has 0 heterocycles. The number of esters is 1. The van der Waals surface area contributed by atoms with Gasteiger partial charge in [-0.2, -0.15) is 13.2 Å². The third-order valence-electron chi connectivity index (χ3n) is 3.97. The molecule has 7 heteroatoms. The van der Waals surface area contributed by atoms with Crippen LogP contribution in [0.3, 0.4) is 0 Å². The molecule has 0 radical (unpaired) electrons. The lowest BCUT2D eigenvalue weighted by atomic mass is 10.1. The average Bonchev–Trinajstić information content (AvgIpc) is 2.66. The number of nitrogens with zero attached hydrogens (tertiary/aromatic N) is 1. The summed E-state index contributed by atoms with van der Waals surface area (Å²) in [5.41, 5.74) is 0.0678. The standard InChI is InChI=1S/C21H20F3NO3/c1-14(2)25(18-10-5-4-7-15(18)11-12-19(26)28-3)20(27)16-8-6-9-17(13-16)21(22,23)24/h4-14H,1-3H3. The Morgan fingerprint density at radius 1 is 1.07 bits per heavy atom. The van der Waals surface area contributed by atoms with Crippen LogP contribution in [0.5, 0.6) is 0 Å². The lowest BCUT2D eigenvalue weighted by Crippen LogP contribution is -2.37. The number of alkyl halides is 3. The molecule has 0 unspecified atom stereocenters. The number of halogens is 3. The van der Waals surface area contributed by atoms with Gasteiger partial charge in [0.2, 0.25) is 0 Å². The lowest BCUT2D eigenvalue weighted by Gasteiger charge is -2.28. The highest BCUT2D eigenvalue weighted by atomic mass is 19.4. The number of ether oxygens (including phenoxy) is 1. The second kappa shape index (κ2) is 8.73. The van der Waals surface area contributed by atoms with Gasteiger partial charge in [-0.1, -0.05) is 24.3 Å². The maximum atomic E-state index is 13.1. The quantitative estimate of drug-likeness (QED) is 0.535. The summed E-state index contributed by atoms with van der Waals surface area (Å²) >= 11 is 0. The Kier molecular flexibility index (Phi) is 6.62. The molecule has 1 amide bonds. The zero-order valence-corrected chi connectivity index (χ0v) is 15.7. The van der Waals surface area contributed by atoms with Crippen molar-refractivity contribution in [3.8, 4) is 0 Å². The smallest absolute Gasteiger partial charge is 0.416 e. The van der Waals surface area contributed by atoms with Crippen molar-refractivity contribution in [1.82, 2.24) is 0 Å². The van der Waals surface area contributed by atoms with Crippen LogP contribution in [-0.2, 0) is 15.7 Å². The van der Waals surface area contributed by atoms with Crippen molar-refractivity contribution < 1.29 is 27.5 Å². The third-order valence-corrected chi connectivity index (χ3v) is 3.97. The molecule has 2 aromatic rings. The molecule has 0 saturated carbocycles. The van der Waals surface area contributed by atoms with Gasteiger partial charge in [0.25, 0.3) is 5.91 Å². The van der Waals surface area contributed by atoms with Gasteiger partial charge >= 0.3 is 12.1 Å². The Morgan fingerprint density at radius 2 is 1.75 bits per heavy atom. The van der Waals surface area contributed by atoms with Crippen molar-refractivity contribution in [1.29, 1.82) is 0 Å². The number of benzene rings is 2. The second-order valence-electron chi connectivity index (χ2n) is 6.26. The van der Waals surface area contributed by atoms with Crippen LogP contribution < -0.4 is 4.90 Å². The first-order valence-electron chi connectivity index (χ1n) is 8.51. The first-order chi connectivity index (χ1) is 13.1. The summed E-state index contributed by atoms with van der Waals surface area (Å²) in [6.07, 6.45) is -1.83. The fraction of sp³-hybridized carbons (Fsp3) is 0.238. The number of anilines is 1. The molecule has 28 heavy (non-hydrogen) atoms. The van der Waals surface area contributed by atoms with Crippen molar-refractivity contribution in [2.75, 3.05) is 12.0 Å². The van der Waals surface area contributed by atoms with Gasteiger partial charge in [0.1, 0.15) is 0 Å². The van der Waals surface area contributed by atoms with Gasteiger partial charge in [-0.15, -0.1) is 0 Å². The molecule has 0 aliphatic heterocycles. The second-order valence-corrected chi connectivity index (χ2v) is 6.26. The molecule has 148 valence electrons. The molecule has 0 aliphatic rings. The predicted molar refractivity (Wildman–Crippen MR) is 101 cm³/mol. The molecule has 0 fully saturated rings. The van der Waals surface area contributed by atoms with Crippen LogP contribution in [0.15, 0.2) is 54.6 Å². The molecule has 0 bridgehead atoms. The van der Waals surface area contributed by atoms with E-state index in [2.05, 4.69) is 4.74 Å². The Hall–Kier alpha value is -3.09. The van der Waals surface area contributed by atoms with Crippen molar-refractivity contribution in [3.63, 3.8) is 0 Å². The zero-order chi connectivity index (χ0) is 20.9. The first kappa shape index (κ1) is 21.2. The van der Waals surface area contributed by atoms with E-state index in [0.29, 0.717) is 11.3 Å². The van der Waals surface area contributed by atoms with E-state index in [9.17, 15) is 22.8 Å². The first-order valence-corrected chi connectivity index (χ1v) is 8.51. The van der Waals surface area contributed by atoms with Gasteiger partial charge in [0, 0.05) is 17.7 Å². The van der Waals surface area contributed by atoms with Gasteiger partial charge < -0.3 is 9.64 Å². The SMILES string of the molecule is COC(=O)C=Cc1ccccc1N(C(=O)c1cccc(C(F)(F)F)c1)C(C)C. The van der Waals surface area contributed by atoms with E-state index in [-0.39, 0.29) is 11.6 Å². The maximum absolute atomic E-state index is 13.1. The van der Waals surface area contributed by atoms with Gasteiger partial charge in [0.15, 0.2) is 0 Å². The maximum Gasteiger partial charge on any atom is 0.416 e. The summed E-state index contributed by atoms with van der Waals surface area (Å²) in [5.74, 6) is -1.13. The molecule has 0 saturated heterocycles. The van der Waals surface area contributed by atoms with E-state index in [0.717, 1.165) is 12.1 Å². The average molecular weight is 391 g/mol. The number of para-hydroxylation sites is 1. The van der Waals surface area contributed by atoms with Crippen LogP contribution in [0.25, 0.3) is 6.08 Å². The highest BCUT2D eigenvalue weighted by molar-refractivity contribution is 6.07. The van der Waals surface area contributed by atoms with Crippen molar-refractivity contribution in [2.24, 2.45) is 0 Å². The number of rotatable bonds is 5. The minimum atomic E-state index is -4.54. The van der Waals surface area contributed by atoms with Crippen LogP contribution in [-0.4, -0.2) is 25.0 Å². The summed E-state index contributed by atoms with van der Waals surface area (Å²) in [4.78, 5) is 25.8. The van der Waals surface area contributed by atoms with Crippen molar-refractivity contribution in [2.45, 2.75) is 26.1 Å². The van der Waals surface area contributed by atoms with Gasteiger partial charge in [-0.3, -0.25) is 4.79 Å².